The van der Waals surface area contributed by atoms with Crippen molar-refractivity contribution in [3.8, 4) is 0 Å². The Labute approximate surface area is 228 Å². The molecule has 0 saturated carbocycles. The second-order valence-corrected chi connectivity index (χ2v) is 7.47. The smallest absolute Gasteiger partial charge is 1.00 e. The summed E-state index contributed by atoms with van der Waals surface area (Å²) in [5, 5.41) is 18.0. The van der Waals surface area contributed by atoms with E-state index in [1.54, 1.807) is 0 Å². The Hall–Kier alpha value is 0.490. The fraction of sp³-hybridized carbons (Fsp3) is 0.850. The Balaban J connectivity index is -0.000000486. The number of hydrogen-bond acceptors (Lipinski definition) is 4. The van der Waals surface area contributed by atoms with E-state index in [0.29, 0.717) is 24.1 Å². The molecule has 0 aromatic carbocycles. The van der Waals surface area contributed by atoms with Crippen LogP contribution in [-0.2, 0) is 14.3 Å². The molecule has 0 aromatic heterocycles. The van der Waals surface area contributed by atoms with Gasteiger partial charge in [0.25, 0.3) is 0 Å². The van der Waals surface area contributed by atoms with Gasteiger partial charge in [0.2, 0.25) is 0 Å². The number of nitrogens with zero attached hydrogens (tertiary/aromatic N) is 2. The molecular formula is C20H41N2Na2O6+. The Morgan fingerprint density at radius 2 is 1.57 bits per heavy atom. The van der Waals surface area contributed by atoms with Crippen molar-refractivity contribution < 1.29 is 96.5 Å². The monoisotopic (exact) mass is 451 g/mol. The van der Waals surface area contributed by atoms with Crippen LogP contribution in [0.2, 0.25) is 0 Å². The van der Waals surface area contributed by atoms with Crippen LogP contribution in [0, 0.1) is 0 Å². The summed E-state index contributed by atoms with van der Waals surface area (Å²) >= 11 is 0. The zero-order chi connectivity index (χ0) is 20.0. The van der Waals surface area contributed by atoms with E-state index in [1.807, 2.05) is 0 Å². The first-order chi connectivity index (χ1) is 13.0. The van der Waals surface area contributed by atoms with Crippen molar-refractivity contribution >= 4 is 17.8 Å². The van der Waals surface area contributed by atoms with E-state index in [0.717, 1.165) is 25.1 Å². The SMILES string of the molecule is CCCCCCCCCCCC1=NCC[N+]1(CCOCC(=O)O)CC(=O)O.O.[H-].[H-].[Na+].[Na+]. The van der Waals surface area contributed by atoms with Crippen molar-refractivity contribution in [2.24, 2.45) is 4.99 Å². The quantitative estimate of drug-likeness (QED) is 0.136. The van der Waals surface area contributed by atoms with Crippen LogP contribution in [0.15, 0.2) is 4.99 Å². The van der Waals surface area contributed by atoms with E-state index in [1.165, 1.54) is 44.9 Å². The molecule has 1 atom stereocenters. The summed E-state index contributed by atoms with van der Waals surface area (Å²) in [7, 11) is 0. The molecule has 4 N–H and O–H groups in total. The minimum absolute atomic E-state index is 0. The Bertz CT molecular complexity index is 505. The maximum atomic E-state index is 11.4. The van der Waals surface area contributed by atoms with Crippen LogP contribution in [-0.4, -0.2) is 77.3 Å². The van der Waals surface area contributed by atoms with Gasteiger partial charge >= 0.3 is 71.1 Å². The molecule has 8 nitrogen and oxygen atoms in total. The molecule has 1 unspecified atom stereocenters. The predicted octanol–water partition coefficient (Wildman–Crippen LogP) is -3.27. The van der Waals surface area contributed by atoms with Crippen LogP contribution < -0.4 is 59.1 Å². The Kier molecular flexibility index (Phi) is 25.0. The minimum atomic E-state index is -1.01. The third-order valence-electron chi connectivity index (χ3n) is 5.20. The fourth-order valence-electron chi connectivity index (χ4n) is 3.71. The van der Waals surface area contributed by atoms with Crippen molar-refractivity contribution in [2.75, 3.05) is 39.4 Å². The van der Waals surface area contributed by atoms with Gasteiger partial charge in [-0.25, -0.2) is 14.6 Å². The van der Waals surface area contributed by atoms with Crippen LogP contribution >= 0.6 is 0 Å². The van der Waals surface area contributed by atoms with Crippen molar-refractivity contribution in [2.45, 2.75) is 71.1 Å². The van der Waals surface area contributed by atoms with E-state index in [4.69, 9.17) is 9.84 Å². The molecule has 10 heteroatoms. The Morgan fingerprint density at radius 1 is 1.00 bits per heavy atom. The molecule has 1 aliphatic heterocycles. The predicted molar refractivity (Wildman–Crippen MR) is 111 cm³/mol. The van der Waals surface area contributed by atoms with Gasteiger partial charge in [0.15, 0.2) is 12.4 Å². The molecule has 0 spiro atoms. The number of aliphatic imine (C=N–C) groups is 1. The maximum Gasteiger partial charge on any atom is 1.00 e. The van der Waals surface area contributed by atoms with Crippen molar-refractivity contribution in [1.29, 1.82) is 0 Å². The third-order valence-corrected chi connectivity index (χ3v) is 5.20. The first-order valence-electron chi connectivity index (χ1n) is 10.4. The zero-order valence-electron chi connectivity index (χ0n) is 21.3. The van der Waals surface area contributed by atoms with E-state index < -0.39 is 11.9 Å². The van der Waals surface area contributed by atoms with Crippen LogP contribution in [0.4, 0.5) is 0 Å². The summed E-state index contributed by atoms with van der Waals surface area (Å²) in [6, 6.07) is 0. The molecule has 1 rings (SSSR count). The van der Waals surface area contributed by atoms with Gasteiger partial charge in [-0.05, 0) is 6.42 Å². The first kappa shape index (κ1) is 35.1. The van der Waals surface area contributed by atoms with Gasteiger partial charge in [0.05, 0.1) is 13.2 Å². The van der Waals surface area contributed by atoms with Crippen LogP contribution in [0.5, 0.6) is 0 Å². The molecular weight excluding hydrogens is 410 g/mol. The summed E-state index contributed by atoms with van der Waals surface area (Å²) in [6.45, 7) is 3.87. The number of aliphatic carboxylic acids is 2. The van der Waals surface area contributed by atoms with E-state index in [2.05, 4.69) is 11.9 Å². The number of rotatable bonds is 17. The third kappa shape index (κ3) is 15.3. The number of carbonyl (C=O) groups is 2. The van der Waals surface area contributed by atoms with Gasteiger partial charge in [-0.3, -0.25) is 4.48 Å². The summed E-state index contributed by atoms with van der Waals surface area (Å²) in [6.07, 6.45) is 12.1. The molecule has 0 aromatic rings. The molecule has 1 heterocycles. The normalized spacial score (nSPS) is 17.3. The van der Waals surface area contributed by atoms with Crippen LogP contribution in [0.1, 0.15) is 74.0 Å². The average molecular weight is 452 g/mol. The second kappa shape index (κ2) is 21.3. The van der Waals surface area contributed by atoms with Crippen molar-refractivity contribution in [3.05, 3.63) is 0 Å². The van der Waals surface area contributed by atoms with Gasteiger partial charge in [0, 0.05) is 6.42 Å². The summed E-state index contributed by atoms with van der Waals surface area (Å²) in [5.74, 6) is -0.918. The summed E-state index contributed by atoms with van der Waals surface area (Å²) < 4.78 is 5.46. The molecule has 0 bridgehead atoms. The van der Waals surface area contributed by atoms with E-state index >= 15 is 0 Å². The number of unbranched alkanes of at least 4 members (excludes halogenated alkanes) is 8. The standard InChI is InChI=1S/C20H36N2O5.2Na.H2O.2H/c1-2-3-4-5-6-7-8-9-10-11-18-21-12-13-22(18,16-19(23)24)14-15-27-17-20(25)26;;;;;/h2-17H2,1H3,(H-,23,24,25,26);;;1H2;;/q;2*+1;;2*-1/p+1. The number of quaternary nitrogens is 1. The molecule has 168 valence electrons. The summed E-state index contributed by atoms with van der Waals surface area (Å²) in [4.78, 5) is 26.5. The van der Waals surface area contributed by atoms with Crippen LogP contribution in [0.3, 0.4) is 0 Å². The van der Waals surface area contributed by atoms with E-state index in [9.17, 15) is 14.7 Å². The van der Waals surface area contributed by atoms with Gasteiger partial charge in [-0.15, -0.1) is 0 Å². The van der Waals surface area contributed by atoms with Crippen molar-refractivity contribution in [1.82, 2.24) is 0 Å². The molecule has 0 amide bonds. The van der Waals surface area contributed by atoms with E-state index in [-0.39, 0.29) is 87.2 Å². The molecule has 30 heavy (non-hydrogen) atoms. The van der Waals surface area contributed by atoms with Gasteiger partial charge in [-0.1, -0.05) is 58.3 Å². The topological polar surface area (TPSA) is 128 Å². The number of ether oxygens (including phenoxy) is 1. The van der Waals surface area contributed by atoms with Crippen LogP contribution in [0.25, 0.3) is 0 Å². The fourth-order valence-corrected chi connectivity index (χ4v) is 3.71. The summed E-state index contributed by atoms with van der Waals surface area (Å²) in [5.41, 5.74) is 0. The molecule has 0 radical (unpaired) electrons. The molecule has 0 saturated heterocycles. The number of amidine groups is 1. The number of carboxylic acids is 2. The Morgan fingerprint density at radius 3 is 2.10 bits per heavy atom. The second-order valence-electron chi connectivity index (χ2n) is 7.47. The largest absolute Gasteiger partial charge is 1.00 e. The molecule has 0 aliphatic carbocycles. The zero-order valence-corrected chi connectivity index (χ0v) is 23.3. The van der Waals surface area contributed by atoms with Gasteiger partial charge in [0.1, 0.15) is 19.7 Å². The maximum absolute atomic E-state index is 11.4. The number of hydrogen-bond donors (Lipinski definition) is 2. The van der Waals surface area contributed by atoms with Crippen molar-refractivity contribution in [3.63, 3.8) is 0 Å². The molecule has 0 fully saturated rings. The first-order valence-corrected chi connectivity index (χ1v) is 10.4. The minimum Gasteiger partial charge on any atom is -1.00 e. The average Bonchev–Trinajstić information content (AvgIpc) is 2.99. The van der Waals surface area contributed by atoms with Gasteiger partial charge in [-0.2, -0.15) is 0 Å². The number of carboxylic acid groups (broad SMARTS) is 2. The molecule has 1 aliphatic rings. The van der Waals surface area contributed by atoms with Gasteiger partial charge < -0.3 is 23.3 Å².